The van der Waals surface area contributed by atoms with Gasteiger partial charge in [0.05, 0.1) is 13.4 Å². The number of carbonyl (C=O) groups is 1. The summed E-state index contributed by atoms with van der Waals surface area (Å²) in [5, 5.41) is 6.99. The van der Waals surface area contributed by atoms with Crippen molar-refractivity contribution in [3.05, 3.63) is 65.1 Å². The summed E-state index contributed by atoms with van der Waals surface area (Å²) < 4.78 is 11.5. The first-order valence-corrected chi connectivity index (χ1v) is 7.67. The van der Waals surface area contributed by atoms with Crippen LogP contribution in [0.5, 0.6) is 5.75 Å². The Morgan fingerprint density at radius 1 is 1.20 bits per heavy atom. The van der Waals surface area contributed by atoms with Crippen molar-refractivity contribution in [1.29, 1.82) is 0 Å². The van der Waals surface area contributed by atoms with Gasteiger partial charge in [0.25, 0.3) is 5.56 Å². The molecule has 1 N–H and O–H groups in total. The summed E-state index contributed by atoms with van der Waals surface area (Å²) in [5.74, 6) is 0.864. The van der Waals surface area contributed by atoms with Gasteiger partial charge in [0.15, 0.2) is 5.76 Å². The number of amides is 1. The molecule has 0 saturated heterocycles. The SMILES string of the molecule is COc1ccc(NC(=O)C(C)n2nc(-c3ccco3)ccc2=O)cc1. The fourth-order valence-corrected chi connectivity index (χ4v) is 2.29. The van der Waals surface area contributed by atoms with Gasteiger partial charge in [-0.15, -0.1) is 0 Å². The predicted molar refractivity (Wildman–Crippen MR) is 92.5 cm³/mol. The number of rotatable bonds is 5. The lowest BCUT2D eigenvalue weighted by molar-refractivity contribution is -0.119. The number of nitrogens with zero attached hydrogens (tertiary/aromatic N) is 2. The monoisotopic (exact) mass is 339 g/mol. The normalized spacial score (nSPS) is 11.8. The Hall–Kier alpha value is -3.35. The maximum Gasteiger partial charge on any atom is 0.267 e. The summed E-state index contributed by atoms with van der Waals surface area (Å²) in [5.41, 5.74) is 0.717. The summed E-state index contributed by atoms with van der Waals surface area (Å²) in [6.45, 7) is 1.61. The van der Waals surface area contributed by atoms with Crippen molar-refractivity contribution in [2.24, 2.45) is 0 Å². The molecular formula is C18H17N3O4. The van der Waals surface area contributed by atoms with Crippen LogP contribution in [-0.4, -0.2) is 22.8 Å². The Morgan fingerprint density at radius 3 is 2.60 bits per heavy atom. The molecule has 25 heavy (non-hydrogen) atoms. The third kappa shape index (κ3) is 3.60. The van der Waals surface area contributed by atoms with E-state index in [1.807, 2.05) is 0 Å². The number of aromatic nitrogens is 2. The standard InChI is InChI=1S/C18H17N3O4/c1-12(18(23)19-13-5-7-14(24-2)8-6-13)21-17(22)10-9-15(20-21)16-4-3-11-25-16/h3-12H,1-2H3,(H,19,23). The van der Waals surface area contributed by atoms with Crippen molar-refractivity contribution >= 4 is 11.6 Å². The van der Waals surface area contributed by atoms with Crippen LogP contribution in [0.1, 0.15) is 13.0 Å². The zero-order chi connectivity index (χ0) is 17.8. The summed E-state index contributed by atoms with van der Waals surface area (Å²) >= 11 is 0. The van der Waals surface area contributed by atoms with Crippen LogP contribution in [0, 0.1) is 0 Å². The number of furan rings is 1. The van der Waals surface area contributed by atoms with Gasteiger partial charge in [-0.3, -0.25) is 9.59 Å². The molecule has 1 amide bonds. The highest BCUT2D eigenvalue weighted by atomic mass is 16.5. The van der Waals surface area contributed by atoms with E-state index in [-0.39, 0.29) is 11.5 Å². The van der Waals surface area contributed by atoms with E-state index >= 15 is 0 Å². The van der Waals surface area contributed by atoms with Crippen molar-refractivity contribution in [2.75, 3.05) is 12.4 Å². The number of carbonyl (C=O) groups excluding carboxylic acids is 1. The highest BCUT2D eigenvalue weighted by molar-refractivity contribution is 5.93. The first-order valence-electron chi connectivity index (χ1n) is 7.67. The number of nitrogens with one attached hydrogen (secondary N) is 1. The topological polar surface area (TPSA) is 86.4 Å². The second kappa shape index (κ2) is 7.04. The van der Waals surface area contributed by atoms with E-state index in [0.29, 0.717) is 22.9 Å². The smallest absolute Gasteiger partial charge is 0.267 e. The lowest BCUT2D eigenvalue weighted by Crippen LogP contribution is -2.33. The van der Waals surface area contributed by atoms with Crippen molar-refractivity contribution < 1.29 is 13.9 Å². The van der Waals surface area contributed by atoms with Crippen molar-refractivity contribution in [1.82, 2.24) is 9.78 Å². The minimum atomic E-state index is -0.787. The van der Waals surface area contributed by atoms with Crippen LogP contribution >= 0.6 is 0 Å². The molecular weight excluding hydrogens is 322 g/mol. The molecule has 0 bridgehead atoms. The second-order valence-electron chi connectivity index (χ2n) is 5.37. The van der Waals surface area contributed by atoms with Gasteiger partial charge in [0.2, 0.25) is 5.91 Å². The largest absolute Gasteiger partial charge is 0.497 e. The van der Waals surface area contributed by atoms with Crippen LogP contribution < -0.4 is 15.6 Å². The van der Waals surface area contributed by atoms with Gasteiger partial charge in [-0.2, -0.15) is 5.10 Å². The van der Waals surface area contributed by atoms with E-state index in [2.05, 4.69) is 10.4 Å². The number of anilines is 1. The van der Waals surface area contributed by atoms with E-state index in [1.54, 1.807) is 56.5 Å². The lowest BCUT2D eigenvalue weighted by atomic mass is 10.2. The van der Waals surface area contributed by atoms with Crippen molar-refractivity contribution in [2.45, 2.75) is 13.0 Å². The molecule has 1 aromatic carbocycles. The Balaban J connectivity index is 1.81. The molecule has 0 spiro atoms. The number of hydrogen-bond acceptors (Lipinski definition) is 5. The Morgan fingerprint density at radius 2 is 1.96 bits per heavy atom. The fourth-order valence-electron chi connectivity index (χ4n) is 2.29. The van der Waals surface area contributed by atoms with Crippen LogP contribution in [0.15, 0.2) is 64.0 Å². The molecule has 0 aliphatic rings. The fraction of sp³-hybridized carbons (Fsp3) is 0.167. The van der Waals surface area contributed by atoms with Crippen molar-refractivity contribution in [3.63, 3.8) is 0 Å². The molecule has 3 rings (SSSR count). The Kier molecular flexibility index (Phi) is 4.65. The van der Waals surface area contributed by atoms with Crippen LogP contribution in [0.25, 0.3) is 11.5 Å². The molecule has 0 aliphatic carbocycles. The van der Waals surface area contributed by atoms with Gasteiger partial charge in [-0.1, -0.05) is 0 Å². The zero-order valence-electron chi connectivity index (χ0n) is 13.8. The van der Waals surface area contributed by atoms with E-state index in [9.17, 15) is 9.59 Å². The van der Waals surface area contributed by atoms with Gasteiger partial charge >= 0.3 is 0 Å². The molecule has 0 fully saturated rings. The first-order chi connectivity index (χ1) is 12.1. The quantitative estimate of drug-likeness (QED) is 0.772. The second-order valence-corrected chi connectivity index (χ2v) is 5.37. The Bertz CT molecular complexity index is 914. The third-order valence-corrected chi connectivity index (χ3v) is 3.70. The van der Waals surface area contributed by atoms with Gasteiger partial charge in [0.1, 0.15) is 17.5 Å². The summed E-state index contributed by atoms with van der Waals surface area (Å²) in [6, 6.07) is 12.5. The van der Waals surface area contributed by atoms with E-state index in [4.69, 9.17) is 9.15 Å². The number of hydrogen-bond donors (Lipinski definition) is 1. The van der Waals surface area contributed by atoms with Gasteiger partial charge < -0.3 is 14.5 Å². The molecule has 0 radical (unpaired) electrons. The van der Waals surface area contributed by atoms with Gasteiger partial charge in [-0.25, -0.2) is 4.68 Å². The van der Waals surface area contributed by atoms with Crippen LogP contribution in [0.3, 0.4) is 0 Å². The van der Waals surface area contributed by atoms with Crippen LogP contribution in [0.4, 0.5) is 5.69 Å². The average Bonchev–Trinajstić information content (AvgIpc) is 3.17. The molecule has 2 heterocycles. The lowest BCUT2D eigenvalue weighted by Gasteiger charge is -2.14. The maximum absolute atomic E-state index is 12.5. The molecule has 128 valence electrons. The van der Waals surface area contributed by atoms with Crippen LogP contribution in [0.2, 0.25) is 0 Å². The van der Waals surface area contributed by atoms with Gasteiger partial charge in [-0.05, 0) is 49.4 Å². The zero-order valence-corrected chi connectivity index (χ0v) is 13.8. The molecule has 1 atom stereocenters. The maximum atomic E-state index is 12.5. The number of methoxy groups -OCH3 is 1. The molecule has 3 aromatic rings. The molecule has 0 saturated carbocycles. The predicted octanol–water partition coefficient (Wildman–Crippen LogP) is 2.71. The summed E-state index contributed by atoms with van der Waals surface area (Å²) in [7, 11) is 1.57. The first kappa shape index (κ1) is 16.5. The number of ether oxygens (including phenoxy) is 1. The van der Waals surface area contributed by atoms with Gasteiger partial charge in [0, 0.05) is 11.8 Å². The Labute approximate surface area is 143 Å². The number of benzene rings is 1. The minimum Gasteiger partial charge on any atom is -0.497 e. The third-order valence-electron chi connectivity index (χ3n) is 3.70. The van der Waals surface area contributed by atoms with E-state index in [0.717, 1.165) is 4.68 Å². The molecule has 2 aromatic heterocycles. The molecule has 0 aliphatic heterocycles. The average molecular weight is 339 g/mol. The van der Waals surface area contributed by atoms with E-state index < -0.39 is 6.04 Å². The molecule has 7 heteroatoms. The highest BCUT2D eigenvalue weighted by Gasteiger charge is 2.18. The molecule has 7 nitrogen and oxygen atoms in total. The summed E-state index contributed by atoms with van der Waals surface area (Å²) in [6.07, 6.45) is 1.52. The minimum absolute atomic E-state index is 0.351. The summed E-state index contributed by atoms with van der Waals surface area (Å²) in [4.78, 5) is 24.5. The highest BCUT2D eigenvalue weighted by Crippen LogP contribution is 2.18. The van der Waals surface area contributed by atoms with Crippen LogP contribution in [-0.2, 0) is 4.79 Å². The molecule has 1 unspecified atom stereocenters. The van der Waals surface area contributed by atoms with E-state index in [1.165, 1.54) is 12.3 Å². The van der Waals surface area contributed by atoms with Crippen molar-refractivity contribution in [3.8, 4) is 17.2 Å².